The fourth-order valence-corrected chi connectivity index (χ4v) is 2.16. The highest BCUT2D eigenvalue weighted by molar-refractivity contribution is 6.02. The first-order chi connectivity index (χ1) is 9.06. The summed E-state index contributed by atoms with van der Waals surface area (Å²) in [5.74, 6) is -0.177. The number of nitrogens with one attached hydrogen (secondary N) is 1. The molecule has 2 aromatic rings. The molecule has 0 atom stereocenters. The van der Waals surface area contributed by atoms with Crippen LogP contribution in [0.25, 0.3) is 11.1 Å². The molecule has 0 unspecified atom stereocenters. The highest BCUT2D eigenvalue weighted by atomic mass is 16.1. The molecule has 0 amide bonds. The van der Waals surface area contributed by atoms with Crippen molar-refractivity contribution in [2.75, 3.05) is 0 Å². The van der Waals surface area contributed by atoms with Crippen molar-refractivity contribution in [3.8, 4) is 17.2 Å². The first-order valence-electron chi connectivity index (χ1n) is 5.79. The molecule has 19 heavy (non-hydrogen) atoms. The van der Waals surface area contributed by atoms with Crippen molar-refractivity contribution in [3.63, 3.8) is 0 Å². The van der Waals surface area contributed by atoms with Gasteiger partial charge < -0.3 is 4.98 Å². The molecule has 1 heterocycles. The number of carbonyl (C=O) groups is 1. The van der Waals surface area contributed by atoms with E-state index in [2.05, 4.69) is 4.98 Å². The third-order valence-electron chi connectivity index (χ3n) is 2.93. The molecule has 0 aliphatic heterocycles. The second kappa shape index (κ2) is 4.91. The Morgan fingerprint density at radius 3 is 2.42 bits per heavy atom. The van der Waals surface area contributed by atoms with Crippen LogP contribution in [0.15, 0.2) is 35.1 Å². The molecule has 0 bridgehead atoms. The molecule has 94 valence electrons. The number of aromatic nitrogens is 1. The lowest BCUT2D eigenvalue weighted by molar-refractivity contribution is 0.101. The lowest BCUT2D eigenvalue weighted by atomic mass is 9.93. The van der Waals surface area contributed by atoms with Gasteiger partial charge in [-0.05, 0) is 19.4 Å². The van der Waals surface area contributed by atoms with Crippen LogP contribution in [-0.4, -0.2) is 10.8 Å². The van der Waals surface area contributed by atoms with Crippen LogP contribution in [0.2, 0.25) is 0 Å². The van der Waals surface area contributed by atoms with E-state index in [1.54, 1.807) is 31.2 Å². The summed E-state index contributed by atoms with van der Waals surface area (Å²) in [4.78, 5) is 26.2. The largest absolute Gasteiger partial charge is 0.325 e. The number of ketones is 1. The van der Waals surface area contributed by atoms with Gasteiger partial charge in [0, 0.05) is 16.8 Å². The molecule has 1 N–H and O–H groups in total. The van der Waals surface area contributed by atoms with Crippen molar-refractivity contribution in [1.82, 2.24) is 4.98 Å². The summed E-state index contributed by atoms with van der Waals surface area (Å²) in [6.07, 6.45) is 0. The molecule has 0 radical (unpaired) electrons. The van der Waals surface area contributed by atoms with E-state index in [1.165, 1.54) is 6.92 Å². The Labute approximate surface area is 110 Å². The van der Waals surface area contributed by atoms with E-state index in [-0.39, 0.29) is 11.3 Å². The Morgan fingerprint density at radius 2 is 1.89 bits per heavy atom. The Bertz CT molecular complexity index is 737. The topological polar surface area (TPSA) is 73.7 Å². The third kappa shape index (κ3) is 2.18. The van der Waals surface area contributed by atoms with E-state index in [0.29, 0.717) is 22.4 Å². The maximum absolute atomic E-state index is 11.9. The SMILES string of the molecule is CC(=O)c1c(C)[nH]c(=O)c(C#N)c1-c1ccccc1. The van der Waals surface area contributed by atoms with Crippen LogP contribution < -0.4 is 5.56 Å². The van der Waals surface area contributed by atoms with Crippen LogP contribution in [0.4, 0.5) is 0 Å². The minimum absolute atomic E-state index is 0.0259. The number of hydrogen-bond donors (Lipinski definition) is 1. The number of Topliss-reactive ketones (excluding diaryl/α,β-unsaturated/α-hetero) is 1. The fraction of sp³-hybridized carbons (Fsp3) is 0.133. The molecule has 0 saturated carbocycles. The van der Waals surface area contributed by atoms with Gasteiger partial charge in [0.15, 0.2) is 5.78 Å². The van der Waals surface area contributed by atoms with E-state index >= 15 is 0 Å². The van der Waals surface area contributed by atoms with E-state index in [4.69, 9.17) is 0 Å². The van der Waals surface area contributed by atoms with Gasteiger partial charge in [-0.25, -0.2) is 0 Å². The second-order valence-electron chi connectivity index (χ2n) is 4.24. The fourth-order valence-electron chi connectivity index (χ4n) is 2.16. The molecule has 0 spiro atoms. The molecule has 0 fully saturated rings. The molecule has 4 heteroatoms. The molecule has 0 aliphatic rings. The standard InChI is InChI=1S/C15H12N2O2/c1-9-13(10(2)18)14(11-6-4-3-5-7-11)12(8-16)15(19)17-9/h3-7H,1-2H3,(H,17,19). The molecule has 1 aromatic heterocycles. The first-order valence-corrected chi connectivity index (χ1v) is 5.79. The molecule has 1 aromatic carbocycles. The van der Waals surface area contributed by atoms with Crippen LogP contribution in [0.5, 0.6) is 0 Å². The molecule has 0 aliphatic carbocycles. The van der Waals surface area contributed by atoms with E-state index in [1.807, 2.05) is 12.1 Å². The minimum Gasteiger partial charge on any atom is -0.325 e. The maximum atomic E-state index is 11.9. The number of nitriles is 1. The quantitative estimate of drug-likeness (QED) is 0.834. The lowest BCUT2D eigenvalue weighted by Gasteiger charge is -2.11. The van der Waals surface area contributed by atoms with Gasteiger partial charge in [-0.15, -0.1) is 0 Å². The van der Waals surface area contributed by atoms with Crippen molar-refractivity contribution in [2.45, 2.75) is 13.8 Å². The number of nitrogens with zero attached hydrogens (tertiary/aromatic N) is 1. The summed E-state index contributed by atoms with van der Waals surface area (Å²) in [5.41, 5.74) is 1.49. The number of aryl methyl sites for hydroxylation is 1. The predicted octanol–water partition coefficient (Wildman–Crippen LogP) is 2.42. The van der Waals surface area contributed by atoms with Crippen molar-refractivity contribution in [2.24, 2.45) is 0 Å². The normalized spacial score (nSPS) is 9.95. The monoisotopic (exact) mass is 252 g/mol. The lowest BCUT2D eigenvalue weighted by Crippen LogP contribution is -2.17. The molecular weight excluding hydrogens is 240 g/mol. The minimum atomic E-state index is -0.469. The van der Waals surface area contributed by atoms with Gasteiger partial charge in [0.2, 0.25) is 0 Å². The number of pyridine rings is 1. The average Bonchev–Trinajstić information content (AvgIpc) is 2.38. The van der Waals surface area contributed by atoms with Gasteiger partial charge in [-0.1, -0.05) is 30.3 Å². The first kappa shape index (κ1) is 12.8. The average molecular weight is 252 g/mol. The van der Waals surface area contributed by atoms with Gasteiger partial charge in [0.1, 0.15) is 11.6 Å². The zero-order valence-corrected chi connectivity index (χ0v) is 10.7. The Balaban J connectivity index is 2.95. The van der Waals surface area contributed by atoms with Gasteiger partial charge in [0.05, 0.1) is 0 Å². The molecule has 4 nitrogen and oxygen atoms in total. The number of aromatic amines is 1. The summed E-state index contributed by atoms with van der Waals surface area (Å²) in [6.45, 7) is 3.08. The third-order valence-corrected chi connectivity index (χ3v) is 2.93. The highest BCUT2D eigenvalue weighted by Crippen LogP contribution is 2.27. The summed E-state index contributed by atoms with van der Waals surface area (Å²) in [7, 11) is 0. The van der Waals surface area contributed by atoms with Gasteiger partial charge in [-0.2, -0.15) is 5.26 Å². The van der Waals surface area contributed by atoms with E-state index < -0.39 is 5.56 Å². The van der Waals surface area contributed by atoms with Gasteiger partial charge in [-0.3, -0.25) is 9.59 Å². The Hall–Kier alpha value is -2.67. The number of carbonyl (C=O) groups excluding carboxylic acids is 1. The molecule has 0 saturated heterocycles. The van der Waals surface area contributed by atoms with Crippen LogP contribution in [0.1, 0.15) is 28.5 Å². The van der Waals surface area contributed by atoms with E-state index in [9.17, 15) is 14.9 Å². The highest BCUT2D eigenvalue weighted by Gasteiger charge is 2.19. The van der Waals surface area contributed by atoms with Crippen molar-refractivity contribution < 1.29 is 4.79 Å². The Kier molecular flexibility index (Phi) is 3.30. The smallest absolute Gasteiger partial charge is 0.266 e. The van der Waals surface area contributed by atoms with Gasteiger partial charge in [0.25, 0.3) is 5.56 Å². The summed E-state index contributed by atoms with van der Waals surface area (Å²) < 4.78 is 0. The maximum Gasteiger partial charge on any atom is 0.266 e. The summed E-state index contributed by atoms with van der Waals surface area (Å²) in [5, 5.41) is 9.18. The number of rotatable bonds is 2. The summed E-state index contributed by atoms with van der Waals surface area (Å²) >= 11 is 0. The zero-order valence-electron chi connectivity index (χ0n) is 10.7. The van der Waals surface area contributed by atoms with Crippen LogP contribution >= 0.6 is 0 Å². The molecule has 2 rings (SSSR count). The number of hydrogen-bond acceptors (Lipinski definition) is 3. The van der Waals surface area contributed by atoms with Crippen molar-refractivity contribution in [1.29, 1.82) is 5.26 Å². The number of benzene rings is 1. The van der Waals surface area contributed by atoms with E-state index in [0.717, 1.165) is 0 Å². The second-order valence-corrected chi connectivity index (χ2v) is 4.24. The predicted molar refractivity (Wildman–Crippen MR) is 72.0 cm³/mol. The van der Waals surface area contributed by atoms with Crippen LogP contribution in [0.3, 0.4) is 0 Å². The van der Waals surface area contributed by atoms with Crippen molar-refractivity contribution in [3.05, 3.63) is 57.5 Å². The van der Waals surface area contributed by atoms with Crippen LogP contribution in [0, 0.1) is 18.3 Å². The summed E-state index contributed by atoms with van der Waals surface area (Å²) in [6, 6.07) is 10.9. The van der Waals surface area contributed by atoms with Gasteiger partial charge >= 0.3 is 0 Å². The molecular formula is C15H12N2O2. The van der Waals surface area contributed by atoms with Crippen LogP contribution in [-0.2, 0) is 0 Å². The van der Waals surface area contributed by atoms with Crippen molar-refractivity contribution >= 4 is 5.78 Å². The number of H-pyrrole nitrogens is 1. The zero-order chi connectivity index (χ0) is 14.0. The Morgan fingerprint density at radius 1 is 1.26 bits per heavy atom.